The molecule has 1 amide bonds. The number of hydrogen-bond acceptors (Lipinski definition) is 3. The fourth-order valence-electron chi connectivity index (χ4n) is 2.11. The lowest BCUT2D eigenvalue weighted by Crippen LogP contribution is -2.27. The van der Waals surface area contributed by atoms with Crippen molar-refractivity contribution < 1.29 is 13.2 Å². The number of carbonyl (C=O) groups is 1. The van der Waals surface area contributed by atoms with E-state index in [4.69, 9.17) is 11.6 Å². The summed E-state index contributed by atoms with van der Waals surface area (Å²) in [5, 5.41) is 0.203. The second-order valence-corrected chi connectivity index (χ2v) is 8.25. The van der Waals surface area contributed by atoms with Crippen molar-refractivity contribution >= 4 is 43.5 Å². The summed E-state index contributed by atoms with van der Waals surface area (Å²) in [5.74, 6) is -0.357. The van der Waals surface area contributed by atoms with Gasteiger partial charge in [0.1, 0.15) is 0 Å². The number of nitrogens with zero attached hydrogens (tertiary/aromatic N) is 1. The molecule has 1 N–H and O–H groups in total. The van der Waals surface area contributed by atoms with Crippen LogP contribution >= 0.6 is 27.5 Å². The number of benzene rings is 2. The Kier molecular flexibility index (Phi) is 6.03. The van der Waals surface area contributed by atoms with E-state index in [1.165, 1.54) is 30.1 Å². The SMILES string of the molecule is CNS(=O)(=O)c1ccc(Cl)c(C(=O)N(C)Cc2ccccc2Br)c1. The van der Waals surface area contributed by atoms with Crippen LogP contribution in [0.3, 0.4) is 0 Å². The maximum absolute atomic E-state index is 12.7. The summed E-state index contributed by atoms with van der Waals surface area (Å²) < 4.78 is 26.9. The predicted molar refractivity (Wildman–Crippen MR) is 97.6 cm³/mol. The molecule has 8 heteroatoms. The second kappa shape index (κ2) is 7.65. The van der Waals surface area contributed by atoms with Crippen LogP contribution in [0.15, 0.2) is 51.8 Å². The molecule has 24 heavy (non-hydrogen) atoms. The van der Waals surface area contributed by atoms with Gasteiger partial charge in [-0.2, -0.15) is 0 Å². The standard InChI is InChI=1S/C16H16BrClN2O3S/c1-19-24(22,23)12-7-8-15(18)13(9-12)16(21)20(2)10-11-5-3-4-6-14(11)17/h3-9,19H,10H2,1-2H3. The lowest BCUT2D eigenvalue weighted by molar-refractivity contribution is 0.0785. The van der Waals surface area contributed by atoms with Gasteiger partial charge < -0.3 is 4.90 Å². The van der Waals surface area contributed by atoms with Crippen LogP contribution in [0.1, 0.15) is 15.9 Å². The monoisotopic (exact) mass is 430 g/mol. The topological polar surface area (TPSA) is 66.5 Å². The van der Waals surface area contributed by atoms with Gasteiger partial charge in [-0.3, -0.25) is 4.79 Å². The molecule has 0 fully saturated rings. The number of halogens is 2. The number of rotatable bonds is 5. The molecule has 0 bridgehead atoms. The number of sulfonamides is 1. The fraction of sp³-hybridized carbons (Fsp3) is 0.188. The predicted octanol–water partition coefficient (Wildman–Crippen LogP) is 3.28. The van der Waals surface area contributed by atoms with Crippen LogP contribution in [0.5, 0.6) is 0 Å². The first-order valence-electron chi connectivity index (χ1n) is 6.98. The average Bonchev–Trinajstić information content (AvgIpc) is 2.56. The number of hydrogen-bond donors (Lipinski definition) is 1. The highest BCUT2D eigenvalue weighted by Gasteiger charge is 2.20. The summed E-state index contributed by atoms with van der Waals surface area (Å²) in [4.78, 5) is 14.1. The van der Waals surface area contributed by atoms with Crippen molar-refractivity contribution in [3.05, 3.63) is 63.1 Å². The molecule has 2 aromatic carbocycles. The molecule has 0 saturated heterocycles. The van der Waals surface area contributed by atoms with Crippen LogP contribution in [0.25, 0.3) is 0 Å². The zero-order valence-corrected chi connectivity index (χ0v) is 16.2. The van der Waals surface area contributed by atoms with Gasteiger partial charge >= 0.3 is 0 Å². The molecule has 0 unspecified atom stereocenters. The summed E-state index contributed by atoms with van der Waals surface area (Å²) >= 11 is 9.53. The van der Waals surface area contributed by atoms with Gasteiger partial charge in [0.2, 0.25) is 10.0 Å². The lowest BCUT2D eigenvalue weighted by Gasteiger charge is -2.19. The second-order valence-electron chi connectivity index (χ2n) is 5.10. The molecule has 0 heterocycles. The summed E-state index contributed by atoms with van der Waals surface area (Å²) in [6, 6.07) is 11.6. The first kappa shape index (κ1) is 18.9. The van der Waals surface area contributed by atoms with Gasteiger partial charge in [0.25, 0.3) is 5.91 Å². The summed E-state index contributed by atoms with van der Waals surface area (Å²) in [6.07, 6.45) is 0. The quantitative estimate of drug-likeness (QED) is 0.790. The van der Waals surface area contributed by atoms with Gasteiger partial charge in [-0.25, -0.2) is 13.1 Å². The Labute approximate surface area is 154 Å². The van der Waals surface area contributed by atoms with Crippen LogP contribution in [0.2, 0.25) is 5.02 Å². The minimum Gasteiger partial charge on any atom is -0.337 e. The molecule has 0 aliphatic heterocycles. The highest BCUT2D eigenvalue weighted by Crippen LogP contribution is 2.23. The van der Waals surface area contributed by atoms with Crippen LogP contribution in [0, 0.1) is 0 Å². The molecule has 0 atom stereocenters. The Hall–Kier alpha value is -1.41. The molecule has 0 spiro atoms. The summed E-state index contributed by atoms with van der Waals surface area (Å²) in [6.45, 7) is 0.361. The van der Waals surface area contributed by atoms with E-state index in [9.17, 15) is 13.2 Å². The highest BCUT2D eigenvalue weighted by atomic mass is 79.9. The fourth-order valence-corrected chi connectivity index (χ4v) is 3.48. The first-order valence-corrected chi connectivity index (χ1v) is 9.63. The molecule has 0 aromatic heterocycles. The van der Waals surface area contributed by atoms with E-state index >= 15 is 0 Å². The lowest BCUT2D eigenvalue weighted by atomic mass is 10.1. The zero-order chi connectivity index (χ0) is 17.9. The number of carbonyl (C=O) groups excluding carboxylic acids is 1. The van der Waals surface area contributed by atoms with Gasteiger partial charge in [0.15, 0.2) is 0 Å². The van der Waals surface area contributed by atoms with E-state index < -0.39 is 10.0 Å². The van der Waals surface area contributed by atoms with E-state index in [0.717, 1.165) is 10.0 Å². The third-order valence-electron chi connectivity index (χ3n) is 3.46. The van der Waals surface area contributed by atoms with E-state index in [2.05, 4.69) is 20.7 Å². The molecule has 0 saturated carbocycles. The van der Waals surface area contributed by atoms with Crippen molar-refractivity contribution in [3.8, 4) is 0 Å². The Morgan fingerprint density at radius 2 is 1.92 bits per heavy atom. The largest absolute Gasteiger partial charge is 0.337 e. The number of amides is 1. The Morgan fingerprint density at radius 1 is 1.25 bits per heavy atom. The molecular weight excluding hydrogens is 416 g/mol. The van der Waals surface area contributed by atoms with Crippen LogP contribution < -0.4 is 4.72 Å². The van der Waals surface area contributed by atoms with Crippen molar-refractivity contribution in [2.45, 2.75) is 11.4 Å². The van der Waals surface area contributed by atoms with Crippen LogP contribution in [-0.2, 0) is 16.6 Å². The average molecular weight is 432 g/mol. The van der Waals surface area contributed by atoms with Gasteiger partial charge in [0.05, 0.1) is 15.5 Å². The van der Waals surface area contributed by atoms with Crippen molar-refractivity contribution in [3.63, 3.8) is 0 Å². The van der Waals surface area contributed by atoms with Gasteiger partial charge in [-0.05, 0) is 36.9 Å². The molecule has 2 rings (SSSR count). The normalized spacial score (nSPS) is 11.3. The molecule has 0 aliphatic carbocycles. The van der Waals surface area contributed by atoms with Crippen molar-refractivity contribution in [1.29, 1.82) is 0 Å². The zero-order valence-electron chi connectivity index (χ0n) is 13.1. The third-order valence-corrected chi connectivity index (χ3v) is 5.97. The minimum atomic E-state index is -3.65. The Balaban J connectivity index is 2.32. The molecule has 0 radical (unpaired) electrons. The summed E-state index contributed by atoms with van der Waals surface area (Å²) in [7, 11) is -0.703. The van der Waals surface area contributed by atoms with Crippen molar-refractivity contribution in [2.24, 2.45) is 0 Å². The van der Waals surface area contributed by atoms with Gasteiger partial charge in [-0.1, -0.05) is 45.7 Å². The van der Waals surface area contributed by atoms with E-state index in [1.807, 2.05) is 24.3 Å². The molecule has 0 aliphatic rings. The minimum absolute atomic E-state index is 0.00737. The molecule has 128 valence electrons. The summed E-state index contributed by atoms with van der Waals surface area (Å²) in [5.41, 5.74) is 1.08. The van der Waals surface area contributed by atoms with E-state index in [-0.39, 0.29) is 21.4 Å². The molecular formula is C16H16BrClN2O3S. The van der Waals surface area contributed by atoms with Gasteiger partial charge in [0, 0.05) is 18.1 Å². The molecule has 2 aromatic rings. The highest BCUT2D eigenvalue weighted by molar-refractivity contribution is 9.10. The Bertz CT molecular complexity index is 871. The van der Waals surface area contributed by atoms with Crippen LogP contribution in [-0.4, -0.2) is 33.3 Å². The Morgan fingerprint density at radius 3 is 2.54 bits per heavy atom. The first-order chi connectivity index (χ1) is 11.3. The maximum Gasteiger partial charge on any atom is 0.255 e. The van der Waals surface area contributed by atoms with E-state index in [0.29, 0.717) is 6.54 Å². The number of nitrogens with one attached hydrogen (secondary N) is 1. The van der Waals surface area contributed by atoms with E-state index in [1.54, 1.807) is 7.05 Å². The van der Waals surface area contributed by atoms with Gasteiger partial charge in [-0.15, -0.1) is 0 Å². The smallest absolute Gasteiger partial charge is 0.255 e. The maximum atomic E-state index is 12.7. The molecule has 5 nitrogen and oxygen atoms in total. The van der Waals surface area contributed by atoms with Crippen LogP contribution in [0.4, 0.5) is 0 Å². The third kappa shape index (κ3) is 4.16. The van der Waals surface area contributed by atoms with Crippen molar-refractivity contribution in [2.75, 3.05) is 14.1 Å². The van der Waals surface area contributed by atoms with Crippen molar-refractivity contribution in [1.82, 2.24) is 9.62 Å².